The van der Waals surface area contributed by atoms with Crippen molar-refractivity contribution in [2.45, 2.75) is 38.3 Å². The second-order valence-electron chi connectivity index (χ2n) is 5.21. The highest BCUT2D eigenvalue weighted by atomic mass is 19.2. The molecular formula is C14H19F2NO. The summed E-state index contributed by atoms with van der Waals surface area (Å²) in [6, 6.07) is 3.82. The molecule has 0 radical (unpaired) electrons. The zero-order valence-electron chi connectivity index (χ0n) is 10.5. The van der Waals surface area contributed by atoms with Crippen LogP contribution in [0.25, 0.3) is 0 Å². The quantitative estimate of drug-likeness (QED) is 0.870. The Kier molecular flexibility index (Phi) is 4.30. The van der Waals surface area contributed by atoms with E-state index in [1.165, 1.54) is 6.07 Å². The van der Waals surface area contributed by atoms with E-state index in [0.717, 1.165) is 31.5 Å². The maximum Gasteiger partial charge on any atom is 0.159 e. The maximum absolute atomic E-state index is 13.1. The third-order valence-electron chi connectivity index (χ3n) is 3.59. The number of piperidine rings is 1. The molecule has 2 rings (SSSR count). The molecule has 0 spiro atoms. The zero-order chi connectivity index (χ0) is 13.1. The Labute approximate surface area is 106 Å². The molecule has 1 fully saturated rings. The van der Waals surface area contributed by atoms with Crippen molar-refractivity contribution < 1.29 is 13.9 Å². The summed E-state index contributed by atoms with van der Waals surface area (Å²) in [5.41, 5.74) is 0.439. The molecule has 100 valence electrons. The molecule has 2 nitrogen and oxygen atoms in total. The molecular weight excluding hydrogens is 236 g/mol. The fraction of sp³-hybridized carbons (Fsp3) is 0.571. The summed E-state index contributed by atoms with van der Waals surface area (Å²) in [4.78, 5) is 0. The topological polar surface area (TPSA) is 32.3 Å². The second kappa shape index (κ2) is 5.76. The van der Waals surface area contributed by atoms with E-state index in [1.54, 1.807) is 0 Å². The van der Waals surface area contributed by atoms with Crippen molar-refractivity contribution in [2.75, 3.05) is 6.54 Å². The minimum atomic E-state index is -0.906. The first-order chi connectivity index (χ1) is 8.56. The lowest BCUT2D eigenvalue weighted by Gasteiger charge is -2.29. The Morgan fingerprint density at radius 2 is 2.17 bits per heavy atom. The van der Waals surface area contributed by atoms with Gasteiger partial charge in [-0.05, 0) is 49.4 Å². The maximum atomic E-state index is 13.1. The molecule has 1 aromatic rings. The molecule has 4 heteroatoms. The Morgan fingerprint density at radius 1 is 1.39 bits per heavy atom. The van der Waals surface area contributed by atoms with Gasteiger partial charge in [0.15, 0.2) is 11.6 Å². The lowest BCUT2D eigenvalue weighted by atomic mass is 9.90. The predicted molar refractivity (Wildman–Crippen MR) is 66.1 cm³/mol. The number of hydrogen-bond acceptors (Lipinski definition) is 2. The molecule has 0 aliphatic carbocycles. The molecule has 1 heterocycles. The minimum Gasteiger partial charge on any atom is -0.388 e. The smallest absolute Gasteiger partial charge is 0.159 e. The van der Waals surface area contributed by atoms with Crippen molar-refractivity contribution in [1.29, 1.82) is 0 Å². The van der Waals surface area contributed by atoms with Gasteiger partial charge in [-0.3, -0.25) is 0 Å². The van der Waals surface area contributed by atoms with E-state index in [4.69, 9.17) is 0 Å². The third-order valence-corrected chi connectivity index (χ3v) is 3.59. The van der Waals surface area contributed by atoms with Gasteiger partial charge in [-0.25, -0.2) is 8.78 Å². The predicted octanol–water partition coefficient (Wildman–Crippen LogP) is 2.78. The number of rotatable bonds is 3. The van der Waals surface area contributed by atoms with E-state index in [0.29, 0.717) is 17.9 Å². The molecule has 2 N–H and O–H groups in total. The fourth-order valence-corrected chi connectivity index (χ4v) is 2.53. The molecule has 1 saturated heterocycles. The molecule has 0 amide bonds. The van der Waals surface area contributed by atoms with Crippen LogP contribution in [0.1, 0.15) is 37.9 Å². The third kappa shape index (κ3) is 3.27. The van der Waals surface area contributed by atoms with Gasteiger partial charge in [0, 0.05) is 6.04 Å². The van der Waals surface area contributed by atoms with Crippen LogP contribution >= 0.6 is 0 Å². The lowest BCUT2D eigenvalue weighted by Crippen LogP contribution is -2.38. The van der Waals surface area contributed by atoms with Gasteiger partial charge in [-0.1, -0.05) is 13.0 Å². The van der Waals surface area contributed by atoms with Crippen molar-refractivity contribution in [3.8, 4) is 0 Å². The van der Waals surface area contributed by atoms with Crippen LogP contribution in [0.4, 0.5) is 8.78 Å². The largest absolute Gasteiger partial charge is 0.388 e. The molecule has 18 heavy (non-hydrogen) atoms. The monoisotopic (exact) mass is 255 g/mol. The van der Waals surface area contributed by atoms with Crippen molar-refractivity contribution in [3.05, 3.63) is 35.4 Å². The van der Waals surface area contributed by atoms with E-state index in [1.807, 2.05) is 0 Å². The Balaban J connectivity index is 1.98. The molecule has 3 unspecified atom stereocenters. The van der Waals surface area contributed by atoms with Crippen LogP contribution in [-0.4, -0.2) is 17.7 Å². The van der Waals surface area contributed by atoms with Gasteiger partial charge < -0.3 is 10.4 Å². The Bertz CT molecular complexity index is 411. The fourth-order valence-electron chi connectivity index (χ4n) is 2.53. The summed E-state index contributed by atoms with van der Waals surface area (Å²) in [5, 5.41) is 13.4. The average molecular weight is 255 g/mol. The van der Waals surface area contributed by atoms with Gasteiger partial charge >= 0.3 is 0 Å². The van der Waals surface area contributed by atoms with Crippen molar-refractivity contribution in [2.24, 2.45) is 5.92 Å². The number of nitrogens with one attached hydrogen (secondary N) is 1. The van der Waals surface area contributed by atoms with E-state index >= 15 is 0 Å². The summed E-state index contributed by atoms with van der Waals surface area (Å²) >= 11 is 0. The number of halogens is 2. The number of benzene rings is 1. The SMILES string of the molecule is CC1CCNC(CC(O)c2ccc(F)c(F)c2)C1. The Morgan fingerprint density at radius 3 is 2.83 bits per heavy atom. The first kappa shape index (κ1) is 13.4. The van der Waals surface area contributed by atoms with Gasteiger partial charge in [0.05, 0.1) is 6.10 Å². The van der Waals surface area contributed by atoms with Crippen LogP contribution in [0.3, 0.4) is 0 Å². The summed E-state index contributed by atoms with van der Waals surface area (Å²) in [5.74, 6) is -1.14. The van der Waals surface area contributed by atoms with Gasteiger partial charge in [0.25, 0.3) is 0 Å². The van der Waals surface area contributed by atoms with Crippen molar-refractivity contribution in [1.82, 2.24) is 5.32 Å². The molecule has 0 bridgehead atoms. The molecule has 0 aromatic heterocycles. The minimum absolute atomic E-state index is 0.247. The normalized spacial score (nSPS) is 26.0. The number of aliphatic hydroxyl groups is 1. The second-order valence-corrected chi connectivity index (χ2v) is 5.21. The highest BCUT2D eigenvalue weighted by Gasteiger charge is 2.22. The average Bonchev–Trinajstić information content (AvgIpc) is 2.32. The summed E-state index contributed by atoms with van der Waals surface area (Å²) in [7, 11) is 0. The van der Waals surface area contributed by atoms with Gasteiger partial charge in [-0.2, -0.15) is 0 Å². The van der Waals surface area contributed by atoms with Crippen LogP contribution < -0.4 is 5.32 Å². The number of hydrogen-bond donors (Lipinski definition) is 2. The number of aliphatic hydroxyl groups excluding tert-OH is 1. The van der Waals surface area contributed by atoms with Crippen LogP contribution in [0.15, 0.2) is 18.2 Å². The van der Waals surface area contributed by atoms with Crippen LogP contribution in [0, 0.1) is 17.6 Å². The molecule has 3 atom stereocenters. The summed E-state index contributed by atoms with van der Waals surface area (Å²) < 4.78 is 25.9. The van der Waals surface area contributed by atoms with Crippen LogP contribution in [0.2, 0.25) is 0 Å². The summed E-state index contributed by atoms with van der Waals surface area (Å²) in [6.45, 7) is 3.15. The standard InChI is InChI=1S/C14H19F2NO/c1-9-4-5-17-11(6-9)8-14(18)10-2-3-12(15)13(16)7-10/h2-3,7,9,11,14,17-18H,4-6,8H2,1H3. The van der Waals surface area contributed by atoms with Crippen LogP contribution in [-0.2, 0) is 0 Å². The zero-order valence-corrected chi connectivity index (χ0v) is 10.5. The van der Waals surface area contributed by atoms with E-state index < -0.39 is 17.7 Å². The molecule has 1 aliphatic heterocycles. The van der Waals surface area contributed by atoms with E-state index in [-0.39, 0.29) is 6.04 Å². The van der Waals surface area contributed by atoms with Crippen molar-refractivity contribution in [3.63, 3.8) is 0 Å². The van der Waals surface area contributed by atoms with E-state index in [2.05, 4.69) is 12.2 Å². The van der Waals surface area contributed by atoms with E-state index in [9.17, 15) is 13.9 Å². The van der Waals surface area contributed by atoms with Gasteiger partial charge in [0.1, 0.15) is 0 Å². The lowest BCUT2D eigenvalue weighted by molar-refractivity contribution is 0.137. The highest BCUT2D eigenvalue weighted by Crippen LogP contribution is 2.25. The van der Waals surface area contributed by atoms with Crippen molar-refractivity contribution >= 4 is 0 Å². The Hall–Kier alpha value is -1.00. The molecule has 1 aromatic carbocycles. The molecule has 0 saturated carbocycles. The molecule has 1 aliphatic rings. The highest BCUT2D eigenvalue weighted by molar-refractivity contribution is 5.20. The summed E-state index contributed by atoms with van der Waals surface area (Å²) in [6.07, 6.45) is 1.95. The first-order valence-electron chi connectivity index (χ1n) is 6.42. The van der Waals surface area contributed by atoms with Crippen LogP contribution in [0.5, 0.6) is 0 Å². The van der Waals surface area contributed by atoms with Gasteiger partial charge in [-0.15, -0.1) is 0 Å². The first-order valence-corrected chi connectivity index (χ1v) is 6.42. The van der Waals surface area contributed by atoms with Gasteiger partial charge in [0.2, 0.25) is 0 Å².